The molecule has 0 radical (unpaired) electrons. The van der Waals surface area contributed by atoms with Crippen LogP contribution in [0.25, 0.3) is 11.0 Å². The molecule has 38 heavy (non-hydrogen) atoms. The van der Waals surface area contributed by atoms with Gasteiger partial charge < -0.3 is 29.4 Å². The molecule has 202 valence electrons. The molecule has 1 saturated heterocycles. The van der Waals surface area contributed by atoms with Crippen molar-refractivity contribution in [1.82, 2.24) is 19.6 Å². The van der Waals surface area contributed by atoms with Gasteiger partial charge in [-0.15, -0.1) is 0 Å². The SMILES string of the molecule is COC(=O)[C@H](C)NP(=O)(OC[C@H]1O[C@@H](n2ccc3c(N)ncnc32)[C@@](F)(C#CCl)[C@@H]1O)Oc1ccccc1. The zero-order valence-electron chi connectivity index (χ0n) is 20.2. The second-order valence-corrected chi connectivity index (χ2v) is 10.1. The third-order valence-corrected chi connectivity index (χ3v) is 7.50. The number of ether oxygens (including phenoxy) is 2. The first-order valence-electron chi connectivity index (χ1n) is 11.2. The molecule has 1 unspecified atom stereocenters. The first kappa shape index (κ1) is 27.8. The number of nitrogen functional groups attached to an aromatic ring is 1. The van der Waals surface area contributed by atoms with Crippen LogP contribution >= 0.6 is 19.3 Å². The molecule has 4 rings (SSSR count). The van der Waals surface area contributed by atoms with Crippen molar-refractivity contribution in [1.29, 1.82) is 0 Å². The molecule has 3 heterocycles. The minimum Gasteiger partial charge on any atom is -0.468 e. The van der Waals surface area contributed by atoms with Crippen molar-refractivity contribution in [3.8, 4) is 17.0 Å². The number of hydrogen-bond acceptors (Lipinski definition) is 10. The van der Waals surface area contributed by atoms with Crippen molar-refractivity contribution in [2.45, 2.75) is 37.1 Å². The first-order valence-corrected chi connectivity index (χ1v) is 13.1. The second-order valence-electron chi connectivity index (χ2n) is 8.25. The lowest BCUT2D eigenvalue weighted by molar-refractivity contribution is -0.142. The van der Waals surface area contributed by atoms with E-state index in [4.69, 9.17) is 31.1 Å². The normalized spacial score (nSPS) is 25.2. The molecule has 1 aromatic carbocycles. The van der Waals surface area contributed by atoms with Gasteiger partial charge in [0.15, 0.2) is 6.23 Å². The van der Waals surface area contributed by atoms with Crippen LogP contribution < -0.4 is 15.3 Å². The molecule has 3 aromatic rings. The number of aliphatic hydroxyl groups is 1. The van der Waals surface area contributed by atoms with E-state index in [-0.39, 0.29) is 17.2 Å². The molecule has 15 heteroatoms. The zero-order valence-corrected chi connectivity index (χ0v) is 21.8. The number of para-hydroxylation sites is 1. The van der Waals surface area contributed by atoms with Crippen molar-refractivity contribution >= 4 is 42.2 Å². The Hall–Kier alpha value is -3.24. The van der Waals surface area contributed by atoms with Crippen LogP contribution in [0.15, 0.2) is 48.9 Å². The number of fused-ring (bicyclic) bond motifs is 1. The molecule has 6 atom stereocenters. The molecule has 1 aliphatic rings. The number of alkyl halides is 1. The maximum Gasteiger partial charge on any atom is 0.459 e. The van der Waals surface area contributed by atoms with Gasteiger partial charge in [-0.25, -0.2) is 18.9 Å². The molecular weight excluding hydrogens is 544 g/mol. The Labute approximate surface area is 221 Å². The van der Waals surface area contributed by atoms with E-state index in [1.54, 1.807) is 24.3 Å². The van der Waals surface area contributed by atoms with Crippen LogP contribution in [0.2, 0.25) is 0 Å². The highest BCUT2D eigenvalue weighted by Gasteiger charge is 2.58. The number of esters is 1. The Morgan fingerprint density at radius 3 is 2.82 bits per heavy atom. The minimum atomic E-state index is -4.30. The number of hydrogen-bond donors (Lipinski definition) is 3. The van der Waals surface area contributed by atoms with Gasteiger partial charge in [0.1, 0.15) is 41.8 Å². The Morgan fingerprint density at radius 1 is 1.39 bits per heavy atom. The topological polar surface area (TPSA) is 160 Å². The van der Waals surface area contributed by atoms with E-state index in [9.17, 15) is 14.5 Å². The van der Waals surface area contributed by atoms with Gasteiger partial charge in [0.2, 0.25) is 5.67 Å². The Morgan fingerprint density at radius 2 is 2.13 bits per heavy atom. The lowest BCUT2D eigenvalue weighted by atomic mass is 9.97. The first-order chi connectivity index (χ1) is 18.1. The van der Waals surface area contributed by atoms with Crippen LogP contribution in [0.4, 0.5) is 10.2 Å². The summed E-state index contributed by atoms with van der Waals surface area (Å²) in [6, 6.07) is 8.48. The van der Waals surface area contributed by atoms with E-state index in [1.807, 2.05) is 5.38 Å². The Bertz CT molecular complexity index is 1420. The van der Waals surface area contributed by atoms with Gasteiger partial charge in [0.05, 0.1) is 19.1 Å². The maximum absolute atomic E-state index is 16.2. The largest absolute Gasteiger partial charge is 0.468 e. The number of anilines is 1. The Kier molecular flexibility index (Phi) is 8.22. The molecule has 12 nitrogen and oxygen atoms in total. The van der Waals surface area contributed by atoms with Crippen LogP contribution in [0, 0.1) is 11.3 Å². The number of halogens is 2. The average molecular weight is 568 g/mol. The number of methoxy groups -OCH3 is 1. The summed E-state index contributed by atoms with van der Waals surface area (Å²) in [5, 5.41) is 15.7. The number of carbonyl (C=O) groups is 1. The van der Waals surface area contributed by atoms with E-state index in [0.29, 0.717) is 5.39 Å². The van der Waals surface area contributed by atoms with E-state index in [0.717, 1.165) is 7.11 Å². The van der Waals surface area contributed by atoms with Crippen molar-refractivity contribution < 1.29 is 37.4 Å². The highest BCUT2D eigenvalue weighted by Crippen LogP contribution is 2.48. The highest BCUT2D eigenvalue weighted by atomic mass is 35.5. The number of nitrogens with one attached hydrogen (secondary N) is 1. The van der Waals surface area contributed by atoms with Gasteiger partial charge >= 0.3 is 13.7 Å². The minimum absolute atomic E-state index is 0.157. The molecule has 0 amide bonds. The zero-order chi connectivity index (χ0) is 27.5. The summed E-state index contributed by atoms with van der Waals surface area (Å²) < 4.78 is 52.6. The third-order valence-electron chi connectivity index (χ3n) is 5.76. The van der Waals surface area contributed by atoms with Crippen LogP contribution in [0.5, 0.6) is 5.75 Å². The number of nitrogens with zero attached hydrogens (tertiary/aromatic N) is 3. The van der Waals surface area contributed by atoms with E-state index < -0.39 is 50.5 Å². The maximum atomic E-state index is 16.2. The number of benzene rings is 1. The molecule has 0 aliphatic carbocycles. The molecule has 0 spiro atoms. The highest BCUT2D eigenvalue weighted by molar-refractivity contribution is 7.52. The molecule has 0 bridgehead atoms. The van der Waals surface area contributed by atoms with E-state index >= 15 is 4.39 Å². The monoisotopic (exact) mass is 567 g/mol. The van der Waals surface area contributed by atoms with Gasteiger partial charge in [-0.1, -0.05) is 18.2 Å². The summed E-state index contributed by atoms with van der Waals surface area (Å²) in [6.07, 6.45) is -2.21. The number of aliphatic hydroxyl groups excluding tert-OH is 1. The number of rotatable bonds is 9. The lowest BCUT2D eigenvalue weighted by Gasteiger charge is -2.24. The van der Waals surface area contributed by atoms with Gasteiger partial charge in [-0.05, 0) is 42.6 Å². The van der Waals surface area contributed by atoms with E-state index in [2.05, 4.69) is 25.7 Å². The number of aromatic nitrogens is 3. The van der Waals surface area contributed by atoms with Crippen molar-refractivity contribution in [3.63, 3.8) is 0 Å². The average Bonchev–Trinajstić information content (AvgIpc) is 3.43. The quantitative estimate of drug-likeness (QED) is 0.198. The smallest absolute Gasteiger partial charge is 0.459 e. The fraction of sp³-hybridized carbons (Fsp3) is 0.348. The fourth-order valence-electron chi connectivity index (χ4n) is 3.89. The van der Waals surface area contributed by atoms with Crippen molar-refractivity contribution in [2.24, 2.45) is 0 Å². The van der Waals surface area contributed by atoms with Crippen molar-refractivity contribution in [3.05, 3.63) is 48.9 Å². The fourth-order valence-corrected chi connectivity index (χ4v) is 5.54. The van der Waals surface area contributed by atoms with Gasteiger partial charge in [0.25, 0.3) is 0 Å². The molecule has 1 aliphatic heterocycles. The van der Waals surface area contributed by atoms with Crippen LogP contribution in [0.1, 0.15) is 13.2 Å². The number of nitrogens with two attached hydrogens (primary N) is 1. The van der Waals surface area contributed by atoms with Crippen molar-refractivity contribution in [2.75, 3.05) is 19.5 Å². The molecular formula is C23H24ClFN5O7P. The summed E-state index contributed by atoms with van der Waals surface area (Å²) in [6.45, 7) is 0.759. The molecule has 1 fully saturated rings. The van der Waals surface area contributed by atoms with Gasteiger partial charge in [-0.3, -0.25) is 9.32 Å². The summed E-state index contributed by atoms with van der Waals surface area (Å²) in [4.78, 5) is 20.0. The van der Waals surface area contributed by atoms with Gasteiger partial charge in [0, 0.05) is 11.6 Å². The predicted octanol–water partition coefficient (Wildman–Crippen LogP) is 2.53. The van der Waals surface area contributed by atoms with Crippen LogP contribution in [0.3, 0.4) is 0 Å². The van der Waals surface area contributed by atoms with E-state index in [1.165, 1.54) is 36.1 Å². The molecule has 0 saturated carbocycles. The summed E-state index contributed by atoms with van der Waals surface area (Å²) in [5.74, 6) is 1.74. The summed E-state index contributed by atoms with van der Waals surface area (Å²) >= 11 is 5.52. The summed E-state index contributed by atoms with van der Waals surface area (Å²) in [5.41, 5.74) is 3.38. The summed E-state index contributed by atoms with van der Waals surface area (Å²) in [7, 11) is -3.13. The van der Waals surface area contributed by atoms with Gasteiger partial charge in [-0.2, -0.15) is 5.09 Å². The predicted molar refractivity (Wildman–Crippen MR) is 135 cm³/mol. The number of carbonyl (C=O) groups excluding carboxylic acids is 1. The molecule has 2 aromatic heterocycles. The second kappa shape index (κ2) is 11.2. The molecule has 4 N–H and O–H groups in total. The van der Waals surface area contributed by atoms with Crippen LogP contribution in [-0.4, -0.2) is 63.2 Å². The standard InChI is InChI=1S/C23H24ClFN5O7P/c1-14(21(32)34-2)29-38(33,37-15-6-4-3-5-7-15)35-12-17-18(31)23(25,9-10-24)22(36-17)30-11-8-16-19(26)27-13-28-20(16)30/h3-8,11,13-14,17-18,22,31H,12H2,1-2H3,(H,29,33)(H2,26,27,28)/t14-,17+,18+,22+,23+,38?/m0/s1. The van der Waals surface area contributed by atoms with Crippen LogP contribution in [-0.2, 0) is 23.4 Å². The Balaban J connectivity index is 1.61. The third kappa shape index (κ3) is 5.47. The lowest BCUT2D eigenvalue weighted by Crippen LogP contribution is -2.42.